The van der Waals surface area contributed by atoms with Gasteiger partial charge in [-0.3, -0.25) is 4.55 Å². The van der Waals surface area contributed by atoms with Crippen LogP contribution in [0.3, 0.4) is 0 Å². The number of carboxylic acids is 1. The number of carbonyl (C=O) groups is 1. The molecule has 0 aliphatic heterocycles. The van der Waals surface area contributed by atoms with E-state index in [1.165, 1.54) is 6.92 Å². The quantitative estimate of drug-likeness (QED) is 0.556. The van der Waals surface area contributed by atoms with Crippen molar-refractivity contribution in [1.82, 2.24) is 4.90 Å². The molecular weight excluding hydrogens is 258 g/mol. The molecule has 0 saturated carbocycles. The zero-order valence-electron chi connectivity index (χ0n) is 11.3. The van der Waals surface area contributed by atoms with Gasteiger partial charge in [-0.25, -0.2) is 4.79 Å². The van der Waals surface area contributed by atoms with Gasteiger partial charge in [-0.2, -0.15) is 8.42 Å². The van der Waals surface area contributed by atoms with Gasteiger partial charge in [0.1, 0.15) is 5.25 Å². The molecule has 0 radical (unpaired) electrons. The van der Waals surface area contributed by atoms with Gasteiger partial charge in [0.25, 0.3) is 10.1 Å². The molecule has 0 saturated heterocycles. The Bertz CT molecular complexity index is 438. The van der Waals surface area contributed by atoms with E-state index in [1.54, 1.807) is 32.8 Å². The van der Waals surface area contributed by atoms with Gasteiger partial charge in [-0.05, 0) is 39.9 Å². The van der Waals surface area contributed by atoms with Gasteiger partial charge in [-0.1, -0.05) is 6.92 Å². The first-order valence-electron chi connectivity index (χ1n) is 5.60. The average Bonchev–Trinajstić information content (AvgIpc) is 2.21. The van der Waals surface area contributed by atoms with E-state index < -0.39 is 27.4 Å². The predicted molar refractivity (Wildman–Crippen MR) is 69.1 cm³/mol. The molecule has 6 nitrogen and oxygen atoms in total. The summed E-state index contributed by atoms with van der Waals surface area (Å²) in [6, 6.07) is -0.395. The Hall–Kier alpha value is -0.920. The van der Waals surface area contributed by atoms with Gasteiger partial charge in [0.15, 0.2) is 0 Å². The zero-order chi connectivity index (χ0) is 14.7. The monoisotopic (exact) mass is 279 g/mol. The minimum atomic E-state index is -4.32. The fourth-order valence-corrected chi connectivity index (χ4v) is 2.93. The van der Waals surface area contributed by atoms with Crippen molar-refractivity contribution in [2.24, 2.45) is 0 Å². The summed E-state index contributed by atoms with van der Waals surface area (Å²) in [5.74, 6) is -1.18. The Morgan fingerprint density at radius 3 is 2.00 bits per heavy atom. The van der Waals surface area contributed by atoms with E-state index in [1.807, 2.05) is 0 Å². The molecule has 0 spiro atoms. The van der Waals surface area contributed by atoms with Crippen molar-refractivity contribution in [3.63, 3.8) is 0 Å². The third-order valence-corrected chi connectivity index (χ3v) is 4.36. The summed E-state index contributed by atoms with van der Waals surface area (Å²) in [5, 5.41) is 7.85. The number of aliphatic carboxylic acids is 1. The highest BCUT2D eigenvalue weighted by atomic mass is 32.2. The first kappa shape index (κ1) is 17.1. The number of nitrogens with zero attached hydrogens (tertiary/aromatic N) is 1. The van der Waals surface area contributed by atoms with Gasteiger partial charge in [0.05, 0.1) is 0 Å². The Morgan fingerprint density at radius 1 is 1.33 bits per heavy atom. The molecule has 2 atom stereocenters. The molecular formula is C11H21NO5S. The number of likely N-dealkylation sites (N-methyl/N-ethyl adjacent to an activating group) is 1. The van der Waals surface area contributed by atoms with Gasteiger partial charge < -0.3 is 10.0 Å². The fourth-order valence-electron chi connectivity index (χ4n) is 1.82. The van der Waals surface area contributed by atoms with E-state index in [4.69, 9.17) is 5.11 Å². The summed E-state index contributed by atoms with van der Waals surface area (Å²) in [4.78, 5) is 12.8. The molecule has 0 aliphatic rings. The predicted octanol–water partition coefficient (Wildman–Crippen LogP) is 1.00. The fraction of sp³-hybridized carbons (Fsp3) is 0.727. The topological polar surface area (TPSA) is 94.9 Å². The molecule has 0 aromatic carbocycles. The van der Waals surface area contributed by atoms with Crippen molar-refractivity contribution >= 4 is 16.1 Å². The number of hydrogen-bond acceptors (Lipinski definition) is 4. The van der Waals surface area contributed by atoms with Crippen molar-refractivity contribution in [2.75, 3.05) is 14.1 Å². The van der Waals surface area contributed by atoms with Crippen LogP contribution >= 0.6 is 0 Å². The normalized spacial score (nSPS) is 17.3. The summed E-state index contributed by atoms with van der Waals surface area (Å²) < 4.78 is 32.0. The SMILES string of the molecule is CCC(/C(=C(\C)C(=O)O)C(C)N(C)C)S(=O)(=O)O. The van der Waals surface area contributed by atoms with Crippen LogP contribution in [0.4, 0.5) is 0 Å². The highest BCUT2D eigenvalue weighted by Gasteiger charge is 2.32. The zero-order valence-corrected chi connectivity index (χ0v) is 12.2. The van der Waals surface area contributed by atoms with E-state index in [-0.39, 0.29) is 17.6 Å². The molecule has 0 aliphatic carbocycles. The van der Waals surface area contributed by atoms with Crippen molar-refractivity contribution in [3.8, 4) is 0 Å². The van der Waals surface area contributed by atoms with Crippen LogP contribution in [0.1, 0.15) is 27.2 Å². The highest BCUT2D eigenvalue weighted by Crippen LogP contribution is 2.24. The number of rotatable bonds is 6. The summed E-state index contributed by atoms with van der Waals surface area (Å²) in [6.07, 6.45) is 0.122. The first-order chi connectivity index (χ1) is 8.03. The van der Waals surface area contributed by atoms with Crippen molar-refractivity contribution in [2.45, 2.75) is 38.5 Å². The summed E-state index contributed by atoms with van der Waals surface area (Å²) >= 11 is 0. The maximum atomic E-state index is 11.4. The van der Waals surface area contributed by atoms with Gasteiger partial charge in [0, 0.05) is 11.6 Å². The maximum absolute atomic E-state index is 11.4. The Balaban J connectivity index is 5.93. The van der Waals surface area contributed by atoms with Crippen LogP contribution in [0.5, 0.6) is 0 Å². The van der Waals surface area contributed by atoms with Gasteiger partial charge in [0.2, 0.25) is 0 Å². The summed E-state index contributed by atoms with van der Waals surface area (Å²) in [7, 11) is -0.882. The van der Waals surface area contributed by atoms with Crippen LogP contribution in [0.15, 0.2) is 11.1 Å². The van der Waals surface area contributed by atoms with Crippen molar-refractivity contribution in [1.29, 1.82) is 0 Å². The van der Waals surface area contributed by atoms with Crippen molar-refractivity contribution < 1.29 is 22.9 Å². The molecule has 0 heterocycles. The lowest BCUT2D eigenvalue weighted by molar-refractivity contribution is -0.132. The second kappa shape index (κ2) is 6.31. The molecule has 0 aromatic rings. The summed E-state index contributed by atoms with van der Waals surface area (Å²) in [6.45, 7) is 4.65. The van der Waals surface area contributed by atoms with Crippen LogP contribution in [-0.4, -0.2) is 54.3 Å². The second-order valence-corrected chi connectivity index (χ2v) is 6.04. The minimum Gasteiger partial charge on any atom is -0.478 e. The molecule has 7 heteroatoms. The molecule has 2 unspecified atom stereocenters. The first-order valence-corrected chi connectivity index (χ1v) is 7.11. The van der Waals surface area contributed by atoms with E-state index in [0.29, 0.717) is 0 Å². The maximum Gasteiger partial charge on any atom is 0.331 e. The molecule has 106 valence electrons. The molecule has 0 amide bonds. The van der Waals surface area contributed by atoms with Crippen LogP contribution in [0.2, 0.25) is 0 Å². The Labute approximate surface area is 108 Å². The standard InChI is InChI=1S/C11H21NO5S/c1-6-9(18(15,16)17)10(7(2)11(13)14)8(3)12(4)5/h8-9H,6H2,1-5H3,(H,13,14)(H,15,16,17)/b10-7+. The second-order valence-electron chi connectivity index (χ2n) is 4.44. The largest absolute Gasteiger partial charge is 0.478 e. The van der Waals surface area contributed by atoms with Crippen LogP contribution in [0, 0.1) is 0 Å². The number of carboxylic acid groups (broad SMARTS) is 1. The summed E-state index contributed by atoms with van der Waals surface area (Å²) in [5.41, 5.74) is 0.179. The molecule has 0 fully saturated rings. The molecule has 0 bridgehead atoms. The third-order valence-electron chi connectivity index (χ3n) is 3.06. The lowest BCUT2D eigenvalue weighted by Crippen LogP contribution is -2.37. The van der Waals surface area contributed by atoms with E-state index in [0.717, 1.165) is 0 Å². The lowest BCUT2D eigenvalue weighted by Gasteiger charge is -2.28. The van der Waals surface area contributed by atoms with Crippen LogP contribution in [-0.2, 0) is 14.9 Å². The van der Waals surface area contributed by atoms with Crippen molar-refractivity contribution in [3.05, 3.63) is 11.1 Å². The number of hydrogen-bond donors (Lipinski definition) is 2. The Kier molecular flexibility index (Phi) is 5.98. The van der Waals surface area contributed by atoms with E-state index in [9.17, 15) is 17.8 Å². The third kappa shape index (κ3) is 4.08. The minimum absolute atomic E-state index is 0.0410. The van der Waals surface area contributed by atoms with E-state index >= 15 is 0 Å². The molecule has 2 N–H and O–H groups in total. The van der Waals surface area contributed by atoms with Crippen LogP contribution < -0.4 is 0 Å². The van der Waals surface area contributed by atoms with Crippen LogP contribution in [0.25, 0.3) is 0 Å². The smallest absolute Gasteiger partial charge is 0.331 e. The highest BCUT2D eigenvalue weighted by molar-refractivity contribution is 7.86. The average molecular weight is 279 g/mol. The molecule has 0 aromatic heterocycles. The van der Waals surface area contributed by atoms with Gasteiger partial charge in [-0.15, -0.1) is 0 Å². The molecule has 0 rings (SSSR count). The van der Waals surface area contributed by atoms with Gasteiger partial charge >= 0.3 is 5.97 Å². The van der Waals surface area contributed by atoms with E-state index in [2.05, 4.69) is 0 Å². The molecule has 18 heavy (non-hydrogen) atoms. The lowest BCUT2D eigenvalue weighted by atomic mass is 9.97. The Morgan fingerprint density at radius 2 is 1.78 bits per heavy atom.